The van der Waals surface area contributed by atoms with Gasteiger partial charge in [-0.05, 0) is 145 Å². The maximum absolute atomic E-state index is 10.8. The van der Waals surface area contributed by atoms with Crippen molar-refractivity contribution in [2.75, 3.05) is 9.80 Å². The molecule has 0 amide bonds. The first-order valence-corrected chi connectivity index (χ1v) is 26.9. The van der Waals surface area contributed by atoms with Crippen LogP contribution in [0.5, 0.6) is 0 Å². The number of fused-ring (bicyclic) bond motifs is 3. The predicted molar refractivity (Wildman–Crippen MR) is 332 cm³/mol. The highest BCUT2D eigenvalue weighted by molar-refractivity contribution is 6.12. The summed E-state index contributed by atoms with van der Waals surface area (Å²) in [6.45, 7) is 0. The Balaban J connectivity index is 0.886. The largest absolute Gasteiger partial charge is 0.310 e. The molecule has 0 saturated heterocycles. The summed E-state index contributed by atoms with van der Waals surface area (Å²) in [5.74, 6) is 0.350. The second-order valence-corrected chi connectivity index (χ2v) is 19.8. The van der Waals surface area contributed by atoms with E-state index in [1.807, 2.05) is 91.0 Å². The molecule has 0 atom stereocenters. The molecule has 0 N–H and O–H groups in total. The van der Waals surface area contributed by atoms with Crippen LogP contribution >= 0.6 is 0 Å². The van der Waals surface area contributed by atoms with E-state index < -0.39 is 0 Å². The van der Waals surface area contributed by atoms with Gasteiger partial charge in [0, 0.05) is 78.4 Å². The van der Waals surface area contributed by atoms with Crippen LogP contribution in [0.15, 0.2) is 273 Å². The molecule has 9 heteroatoms. The Morgan fingerprint density at radius 1 is 0.289 bits per heavy atom. The summed E-state index contributed by atoms with van der Waals surface area (Å²) in [5, 5.41) is 43.7. The number of nitrogens with zero attached hydrogens (tertiary/aromatic N) is 9. The highest BCUT2D eigenvalue weighted by Crippen LogP contribution is 2.44. The third kappa shape index (κ3) is 9.52. The van der Waals surface area contributed by atoms with Crippen molar-refractivity contribution in [1.29, 1.82) is 21.0 Å². The standard InChI is InChI=1S/C74H45N9/c75-46-53-17-13-15-27-64(53)71-45-70(79-74(80-71)65-28-16-14-18-54(65)47-76)52-31-29-50(30-32-52)66-41-56(49-78)67(42-55(66)48-77)51-33-35-61(36-34-51)83-72-39-37-62(81(57-19-5-1-6-20-57)58-21-7-2-8-22-58)43-68(72)69-44-63(38-40-73(69)83)82(59-23-9-3-10-24-59)60-25-11-4-12-26-60/h1-45H. The summed E-state index contributed by atoms with van der Waals surface area (Å²) >= 11 is 0. The van der Waals surface area contributed by atoms with Gasteiger partial charge in [-0.25, -0.2) is 9.97 Å². The van der Waals surface area contributed by atoms with Crippen LogP contribution < -0.4 is 9.80 Å². The zero-order valence-corrected chi connectivity index (χ0v) is 44.5. The third-order valence-corrected chi connectivity index (χ3v) is 15.0. The molecule has 0 aliphatic rings. The van der Waals surface area contributed by atoms with E-state index in [-0.39, 0.29) is 0 Å². The number of anilines is 6. The highest BCUT2D eigenvalue weighted by atomic mass is 15.1. The molecule has 0 saturated carbocycles. The van der Waals surface area contributed by atoms with E-state index in [2.05, 4.69) is 184 Å². The van der Waals surface area contributed by atoms with Gasteiger partial charge in [-0.2, -0.15) is 21.0 Å². The fraction of sp³-hybridized carbons (Fsp3) is 0. The lowest BCUT2D eigenvalue weighted by molar-refractivity contribution is 1.18. The summed E-state index contributed by atoms with van der Waals surface area (Å²) in [4.78, 5) is 14.4. The Hall–Kier alpha value is -12.1. The molecular formula is C74H45N9. The normalized spacial score (nSPS) is 10.8. The summed E-state index contributed by atoms with van der Waals surface area (Å²) in [7, 11) is 0. The fourth-order valence-electron chi connectivity index (χ4n) is 11.1. The molecule has 0 aliphatic heterocycles. The quantitative estimate of drug-likeness (QED) is 0.118. The summed E-state index contributed by atoms with van der Waals surface area (Å²) in [6.07, 6.45) is 0. The number of para-hydroxylation sites is 4. The Bertz CT molecular complexity index is 4470. The molecule has 0 spiro atoms. The van der Waals surface area contributed by atoms with E-state index in [0.29, 0.717) is 61.7 Å². The van der Waals surface area contributed by atoms with Crippen LogP contribution in [-0.4, -0.2) is 14.5 Å². The average Bonchev–Trinajstić information content (AvgIpc) is 3.52. The molecule has 9 nitrogen and oxygen atoms in total. The fourth-order valence-corrected chi connectivity index (χ4v) is 11.1. The predicted octanol–water partition coefficient (Wildman–Crippen LogP) is 18.3. The molecule has 13 rings (SSSR count). The molecule has 0 bridgehead atoms. The lowest BCUT2D eigenvalue weighted by atomic mass is 9.91. The minimum absolute atomic E-state index is 0.350. The van der Waals surface area contributed by atoms with E-state index >= 15 is 0 Å². The number of rotatable bonds is 12. The summed E-state index contributed by atoms with van der Waals surface area (Å²) in [6, 6.07) is 100. The zero-order valence-electron chi connectivity index (χ0n) is 44.5. The molecule has 0 aliphatic carbocycles. The molecule has 0 unspecified atom stereocenters. The van der Waals surface area contributed by atoms with Gasteiger partial charge in [-0.15, -0.1) is 0 Å². The second kappa shape index (κ2) is 21.9. The van der Waals surface area contributed by atoms with Gasteiger partial charge in [-0.3, -0.25) is 0 Å². The van der Waals surface area contributed by atoms with Crippen LogP contribution in [0.25, 0.3) is 83.6 Å². The van der Waals surface area contributed by atoms with Crippen molar-refractivity contribution < 1.29 is 0 Å². The van der Waals surface area contributed by atoms with Crippen LogP contribution in [0.4, 0.5) is 34.1 Å². The Morgan fingerprint density at radius 2 is 0.663 bits per heavy atom. The number of aromatic nitrogens is 3. The molecule has 11 aromatic carbocycles. The van der Waals surface area contributed by atoms with Crippen LogP contribution in [0, 0.1) is 45.3 Å². The van der Waals surface area contributed by atoms with Gasteiger partial charge in [0.1, 0.15) is 0 Å². The van der Waals surface area contributed by atoms with Gasteiger partial charge < -0.3 is 14.4 Å². The zero-order chi connectivity index (χ0) is 56.2. The first kappa shape index (κ1) is 50.4. The Morgan fingerprint density at radius 3 is 1.11 bits per heavy atom. The van der Waals surface area contributed by atoms with Crippen molar-refractivity contribution >= 4 is 55.9 Å². The Kier molecular flexibility index (Phi) is 13.3. The average molecular weight is 1060 g/mol. The van der Waals surface area contributed by atoms with E-state index in [4.69, 9.17) is 9.97 Å². The van der Waals surface area contributed by atoms with Crippen molar-refractivity contribution in [3.8, 4) is 86.1 Å². The SMILES string of the molecule is N#Cc1cc(-c2ccc(-n3c4ccc(N(c5ccccc5)c5ccccc5)cc4c4cc(N(c5ccccc5)c5ccccc5)ccc43)cc2)c(C#N)cc1-c1ccc(-c2cc(-c3ccccc3C#N)nc(-c3ccccc3C#N)n2)cc1. The summed E-state index contributed by atoms with van der Waals surface area (Å²) < 4.78 is 2.30. The molecule has 2 heterocycles. The van der Waals surface area contributed by atoms with Crippen molar-refractivity contribution in [2.45, 2.75) is 0 Å². The molecule has 13 aromatic rings. The van der Waals surface area contributed by atoms with Crippen molar-refractivity contribution in [3.63, 3.8) is 0 Å². The number of hydrogen-bond donors (Lipinski definition) is 0. The van der Waals surface area contributed by atoms with E-state index in [0.717, 1.165) is 78.3 Å². The van der Waals surface area contributed by atoms with Gasteiger partial charge in [-0.1, -0.05) is 140 Å². The van der Waals surface area contributed by atoms with Gasteiger partial charge in [0.05, 0.1) is 69.0 Å². The van der Waals surface area contributed by atoms with Crippen LogP contribution in [0.1, 0.15) is 22.3 Å². The molecule has 83 heavy (non-hydrogen) atoms. The van der Waals surface area contributed by atoms with Crippen molar-refractivity contribution in [2.24, 2.45) is 0 Å². The summed E-state index contributed by atoms with van der Waals surface area (Å²) in [5.41, 5.74) is 16.8. The van der Waals surface area contributed by atoms with E-state index in [1.165, 1.54) is 0 Å². The Labute approximate surface area is 480 Å². The van der Waals surface area contributed by atoms with Crippen LogP contribution in [0.2, 0.25) is 0 Å². The molecular weight excluding hydrogens is 1010 g/mol. The first-order valence-electron chi connectivity index (χ1n) is 26.9. The third-order valence-electron chi connectivity index (χ3n) is 15.0. The number of nitriles is 4. The number of benzene rings is 11. The molecule has 0 radical (unpaired) electrons. The van der Waals surface area contributed by atoms with Gasteiger partial charge >= 0.3 is 0 Å². The molecule has 2 aromatic heterocycles. The topological polar surface area (TPSA) is 132 Å². The first-order chi connectivity index (χ1) is 41.0. The van der Waals surface area contributed by atoms with Crippen LogP contribution in [0.3, 0.4) is 0 Å². The van der Waals surface area contributed by atoms with Gasteiger partial charge in [0.25, 0.3) is 0 Å². The van der Waals surface area contributed by atoms with Crippen molar-refractivity contribution in [3.05, 3.63) is 295 Å². The lowest BCUT2D eigenvalue weighted by Crippen LogP contribution is -2.09. The monoisotopic (exact) mass is 1060 g/mol. The smallest absolute Gasteiger partial charge is 0.161 e. The number of hydrogen-bond acceptors (Lipinski definition) is 8. The van der Waals surface area contributed by atoms with Gasteiger partial charge in [0.15, 0.2) is 5.82 Å². The molecule has 0 fully saturated rings. The van der Waals surface area contributed by atoms with Gasteiger partial charge in [0.2, 0.25) is 0 Å². The van der Waals surface area contributed by atoms with Crippen molar-refractivity contribution in [1.82, 2.24) is 14.5 Å². The van der Waals surface area contributed by atoms with E-state index in [1.54, 1.807) is 36.4 Å². The minimum Gasteiger partial charge on any atom is -0.310 e. The van der Waals surface area contributed by atoms with E-state index in [9.17, 15) is 21.0 Å². The lowest BCUT2D eigenvalue weighted by Gasteiger charge is -2.26. The van der Waals surface area contributed by atoms with Crippen LogP contribution in [-0.2, 0) is 0 Å². The maximum Gasteiger partial charge on any atom is 0.161 e. The molecule has 386 valence electrons. The highest BCUT2D eigenvalue weighted by Gasteiger charge is 2.22. The second-order valence-electron chi connectivity index (χ2n) is 19.8. The minimum atomic E-state index is 0.350. The maximum atomic E-state index is 10.8.